The van der Waals surface area contributed by atoms with E-state index in [4.69, 9.17) is 5.11 Å². The second-order valence-corrected chi connectivity index (χ2v) is 4.88. The van der Waals surface area contributed by atoms with Crippen molar-refractivity contribution >= 4 is 11.6 Å². The molecule has 0 bridgehead atoms. The lowest BCUT2D eigenvalue weighted by molar-refractivity contribution is -0.116. The Hall–Kier alpha value is -1.35. The van der Waals surface area contributed by atoms with Gasteiger partial charge in [0.2, 0.25) is 5.91 Å². The minimum atomic E-state index is 0.0578. The molecular formula is C15H21NO2. The number of anilines is 1. The molecule has 0 saturated heterocycles. The predicted molar refractivity (Wildman–Crippen MR) is 72.7 cm³/mol. The fourth-order valence-electron chi connectivity index (χ4n) is 2.51. The van der Waals surface area contributed by atoms with Gasteiger partial charge in [-0.15, -0.1) is 0 Å². The summed E-state index contributed by atoms with van der Waals surface area (Å²) in [6, 6.07) is 6.18. The Bertz CT molecular complexity index is 415. The summed E-state index contributed by atoms with van der Waals surface area (Å²) in [5.74, 6) is 0.0578. The standard InChI is InChI=1S/C15H21NO2/c17-11-4-3-10-15(18)16-14-9-5-7-12-6-1-2-8-13(12)14/h5,7,9,17H,1-4,6,8,10-11H2,(H,16,18). The van der Waals surface area contributed by atoms with Gasteiger partial charge in [0.25, 0.3) is 0 Å². The molecule has 0 radical (unpaired) electrons. The Morgan fingerprint density at radius 1 is 1.22 bits per heavy atom. The first-order chi connectivity index (χ1) is 8.81. The predicted octanol–water partition coefficient (Wildman–Crippen LogP) is 2.67. The molecule has 0 saturated carbocycles. The van der Waals surface area contributed by atoms with Crippen molar-refractivity contribution in [2.75, 3.05) is 11.9 Å². The second-order valence-electron chi connectivity index (χ2n) is 4.88. The summed E-state index contributed by atoms with van der Waals surface area (Å²) in [6.07, 6.45) is 6.60. The van der Waals surface area contributed by atoms with Crippen LogP contribution in [0.15, 0.2) is 18.2 Å². The quantitative estimate of drug-likeness (QED) is 0.786. The highest BCUT2D eigenvalue weighted by molar-refractivity contribution is 5.91. The van der Waals surface area contributed by atoms with Crippen molar-refractivity contribution < 1.29 is 9.90 Å². The van der Waals surface area contributed by atoms with E-state index in [-0.39, 0.29) is 12.5 Å². The molecule has 1 aliphatic rings. The van der Waals surface area contributed by atoms with Crippen molar-refractivity contribution in [3.63, 3.8) is 0 Å². The van der Waals surface area contributed by atoms with E-state index in [9.17, 15) is 4.79 Å². The van der Waals surface area contributed by atoms with Gasteiger partial charge in [-0.2, -0.15) is 0 Å². The van der Waals surface area contributed by atoms with Crippen molar-refractivity contribution in [3.8, 4) is 0 Å². The fraction of sp³-hybridized carbons (Fsp3) is 0.533. The van der Waals surface area contributed by atoms with E-state index in [1.54, 1.807) is 0 Å². The molecule has 0 fully saturated rings. The Labute approximate surface area is 108 Å². The lowest BCUT2D eigenvalue weighted by atomic mass is 9.90. The van der Waals surface area contributed by atoms with Crippen LogP contribution in [0.4, 0.5) is 5.69 Å². The molecule has 0 spiro atoms. The van der Waals surface area contributed by atoms with Gasteiger partial charge >= 0.3 is 0 Å². The Morgan fingerprint density at radius 3 is 2.89 bits per heavy atom. The zero-order valence-electron chi connectivity index (χ0n) is 10.7. The number of fused-ring (bicyclic) bond motifs is 1. The van der Waals surface area contributed by atoms with Crippen LogP contribution in [-0.2, 0) is 17.6 Å². The van der Waals surface area contributed by atoms with Crippen LogP contribution in [-0.4, -0.2) is 17.6 Å². The average molecular weight is 247 g/mol. The summed E-state index contributed by atoms with van der Waals surface area (Å²) in [6.45, 7) is 0.161. The van der Waals surface area contributed by atoms with Gasteiger partial charge in [-0.3, -0.25) is 4.79 Å². The van der Waals surface area contributed by atoms with Crippen LogP contribution >= 0.6 is 0 Å². The molecule has 1 amide bonds. The Balaban J connectivity index is 1.98. The van der Waals surface area contributed by atoms with E-state index in [1.165, 1.54) is 24.0 Å². The lowest BCUT2D eigenvalue weighted by Gasteiger charge is -2.19. The van der Waals surface area contributed by atoms with Gasteiger partial charge in [0.05, 0.1) is 0 Å². The molecule has 98 valence electrons. The van der Waals surface area contributed by atoms with E-state index in [0.717, 1.165) is 24.9 Å². The number of hydrogen-bond donors (Lipinski definition) is 2. The van der Waals surface area contributed by atoms with Gasteiger partial charge in [-0.25, -0.2) is 0 Å². The molecule has 0 unspecified atom stereocenters. The van der Waals surface area contributed by atoms with E-state index in [1.807, 2.05) is 12.1 Å². The van der Waals surface area contributed by atoms with E-state index in [2.05, 4.69) is 11.4 Å². The molecule has 1 aromatic carbocycles. The first kappa shape index (κ1) is 13.1. The maximum atomic E-state index is 11.8. The number of amides is 1. The third-order valence-corrected chi connectivity index (χ3v) is 3.48. The molecule has 1 aliphatic carbocycles. The van der Waals surface area contributed by atoms with Crippen molar-refractivity contribution in [2.24, 2.45) is 0 Å². The smallest absolute Gasteiger partial charge is 0.224 e. The normalized spacial score (nSPS) is 14.1. The summed E-state index contributed by atoms with van der Waals surface area (Å²) < 4.78 is 0. The SMILES string of the molecule is O=C(CCCCO)Nc1cccc2c1CCCC2. The van der Waals surface area contributed by atoms with Crippen LogP contribution in [0.5, 0.6) is 0 Å². The second kappa shape index (κ2) is 6.55. The number of benzene rings is 1. The molecule has 0 aromatic heterocycles. The summed E-state index contributed by atoms with van der Waals surface area (Å²) in [7, 11) is 0. The lowest BCUT2D eigenvalue weighted by Crippen LogP contribution is -2.15. The first-order valence-corrected chi connectivity index (χ1v) is 6.83. The van der Waals surface area contributed by atoms with E-state index < -0.39 is 0 Å². The summed E-state index contributed by atoms with van der Waals surface area (Å²) in [5, 5.41) is 11.7. The minimum Gasteiger partial charge on any atom is -0.396 e. The highest BCUT2D eigenvalue weighted by Crippen LogP contribution is 2.27. The molecule has 18 heavy (non-hydrogen) atoms. The number of nitrogens with one attached hydrogen (secondary N) is 1. The van der Waals surface area contributed by atoms with Gasteiger partial charge in [-0.05, 0) is 55.7 Å². The minimum absolute atomic E-state index is 0.0578. The monoisotopic (exact) mass is 247 g/mol. The van der Waals surface area contributed by atoms with Gasteiger partial charge in [0.15, 0.2) is 0 Å². The van der Waals surface area contributed by atoms with Crippen molar-refractivity contribution in [1.82, 2.24) is 0 Å². The maximum Gasteiger partial charge on any atom is 0.224 e. The van der Waals surface area contributed by atoms with Gasteiger partial charge in [-0.1, -0.05) is 12.1 Å². The van der Waals surface area contributed by atoms with E-state index in [0.29, 0.717) is 12.8 Å². The first-order valence-electron chi connectivity index (χ1n) is 6.83. The van der Waals surface area contributed by atoms with Crippen molar-refractivity contribution in [1.29, 1.82) is 0 Å². The molecule has 1 aromatic rings. The molecule has 2 rings (SSSR count). The highest BCUT2D eigenvalue weighted by atomic mass is 16.2. The number of hydrogen-bond acceptors (Lipinski definition) is 2. The number of rotatable bonds is 5. The highest BCUT2D eigenvalue weighted by Gasteiger charge is 2.14. The van der Waals surface area contributed by atoms with Crippen LogP contribution in [0, 0.1) is 0 Å². The van der Waals surface area contributed by atoms with Crippen LogP contribution in [0.1, 0.15) is 43.2 Å². The molecule has 3 heteroatoms. The van der Waals surface area contributed by atoms with Gasteiger partial charge in [0, 0.05) is 18.7 Å². The topological polar surface area (TPSA) is 49.3 Å². The molecule has 0 atom stereocenters. The van der Waals surface area contributed by atoms with Crippen molar-refractivity contribution in [3.05, 3.63) is 29.3 Å². The van der Waals surface area contributed by atoms with Crippen molar-refractivity contribution in [2.45, 2.75) is 44.9 Å². The van der Waals surface area contributed by atoms with Gasteiger partial charge < -0.3 is 10.4 Å². The van der Waals surface area contributed by atoms with Crippen LogP contribution in [0.3, 0.4) is 0 Å². The summed E-state index contributed by atoms with van der Waals surface area (Å²) >= 11 is 0. The Kier molecular flexibility index (Phi) is 4.76. The van der Waals surface area contributed by atoms with Crippen LogP contribution < -0.4 is 5.32 Å². The largest absolute Gasteiger partial charge is 0.396 e. The number of aliphatic hydroxyl groups excluding tert-OH is 1. The number of unbranched alkanes of at least 4 members (excludes halogenated alkanes) is 1. The molecule has 0 aliphatic heterocycles. The summed E-state index contributed by atoms with van der Waals surface area (Å²) in [5.41, 5.74) is 3.69. The maximum absolute atomic E-state index is 11.8. The van der Waals surface area contributed by atoms with E-state index >= 15 is 0 Å². The van der Waals surface area contributed by atoms with Gasteiger partial charge in [0.1, 0.15) is 0 Å². The number of aryl methyl sites for hydroxylation is 1. The van der Waals surface area contributed by atoms with Crippen LogP contribution in [0.25, 0.3) is 0 Å². The average Bonchev–Trinajstić information content (AvgIpc) is 2.39. The third-order valence-electron chi connectivity index (χ3n) is 3.48. The zero-order chi connectivity index (χ0) is 12.8. The fourth-order valence-corrected chi connectivity index (χ4v) is 2.51. The molecule has 3 nitrogen and oxygen atoms in total. The number of carbonyl (C=O) groups excluding carboxylic acids is 1. The molecule has 0 heterocycles. The number of carbonyl (C=O) groups is 1. The Morgan fingerprint density at radius 2 is 2.06 bits per heavy atom. The molecule has 2 N–H and O–H groups in total. The third kappa shape index (κ3) is 3.33. The van der Waals surface area contributed by atoms with Crippen LogP contribution in [0.2, 0.25) is 0 Å². The number of aliphatic hydroxyl groups is 1. The summed E-state index contributed by atoms with van der Waals surface area (Å²) in [4.78, 5) is 11.8. The zero-order valence-corrected chi connectivity index (χ0v) is 10.7. The molecular weight excluding hydrogens is 226 g/mol.